The fourth-order valence-corrected chi connectivity index (χ4v) is 1.89. The second kappa shape index (κ2) is 7.03. The maximum absolute atomic E-state index is 11.5. The number of carbonyl (C=O) groups excluding carboxylic acids is 1. The Hall–Kier alpha value is -1.52. The molecule has 0 radical (unpaired) electrons. The maximum Gasteiger partial charge on any atom is 0.339 e. The normalized spacial score (nSPS) is 10.7. The van der Waals surface area contributed by atoms with E-state index in [-0.39, 0.29) is 0 Å². The van der Waals surface area contributed by atoms with Gasteiger partial charge in [0.05, 0.1) is 18.4 Å². The minimum atomic E-state index is -0.446. The number of benzene rings is 1. The number of nitriles is 1. The molecule has 1 aromatic rings. The van der Waals surface area contributed by atoms with Crippen LogP contribution in [-0.2, 0) is 4.74 Å². The Morgan fingerprint density at radius 3 is 2.89 bits per heavy atom. The minimum Gasteiger partial charge on any atom is -0.465 e. The summed E-state index contributed by atoms with van der Waals surface area (Å²) in [5, 5.41) is 11.4. The van der Waals surface area contributed by atoms with Crippen molar-refractivity contribution in [3.63, 3.8) is 0 Å². The largest absolute Gasteiger partial charge is 0.465 e. The van der Waals surface area contributed by atoms with Gasteiger partial charge in [0.25, 0.3) is 0 Å². The van der Waals surface area contributed by atoms with Crippen LogP contribution in [0.25, 0.3) is 0 Å². The van der Waals surface area contributed by atoms with Gasteiger partial charge in [-0.2, -0.15) is 5.26 Å². The van der Waals surface area contributed by atoms with E-state index in [1.165, 1.54) is 18.9 Å². The Morgan fingerprint density at radius 1 is 1.61 bits per heavy atom. The first-order chi connectivity index (χ1) is 8.62. The van der Waals surface area contributed by atoms with Crippen LogP contribution in [0.4, 0.5) is 5.69 Å². The topological polar surface area (TPSA) is 74.5 Å². The summed E-state index contributed by atoms with van der Waals surface area (Å²) in [6, 6.07) is 5.02. The number of thioether (sulfide) groups is 1. The Morgan fingerprint density at radius 2 is 2.33 bits per heavy atom. The van der Waals surface area contributed by atoms with Crippen molar-refractivity contribution in [2.45, 2.75) is 0 Å². The van der Waals surface area contributed by atoms with Crippen molar-refractivity contribution < 1.29 is 9.53 Å². The third-order valence-corrected chi connectivity index (χ3v) is 3.21. The number of amidine groups is 1. The highest BCUT2D eigenvalue weighted by Gasteiger charge is 2.11. The number of hydrogen-bond donors (Lipinski definition) is 1. The third kappa shape index (κ3) is 3.75. The zero-order chi connectivity index (χ0) is 13.5. The van der Waals surface area contributed by atoms with Gasteiger partial charge >= 0.3 is 5.97 Å². The van der Waals surface area contributed by atoms with Crippen LogP contribution in [-0.4, -0.2) is 24.5 Å². The number of ether oxygens (including phenoxy) is 1. The zero-order valence-corrected chi connectivity index (χ0v) is 12.1. The lowest BCUT2D eigenvalue weighted by atomic mass is 10.2. The first-order valence-corrected chi connectivity index (χ1v) is 6.79. The molecule has 0 spiro atoms. The van der Waals surface area contributed by atoms with Gasteiger partial charge in [-0.25, -0.2) is 9.79 Å². The predicted molar refractivity (Wildman–Crippen MR) is 74.8 cm³/mol. The van der Waals surface area contributed by atoms with Gasteiger partial charge in [0.15, 0.2) is 11.4 Å². The van der Waals surface area contributed by atoms with E-state index in [0.717, 1.165) is 0 Å². The first-order valence-electron chi connectivity index (χ1n) is 4.78. The number of hydrogen-bond acceptors (Lipinski definition) is 5. The average molecular weight is 328 g/mol. The number of rotatable bonds is 2. The molecule has 0 fully saturated rings. The lowest BCUT2D eigenvalue weighted by Crippen LogP contribution is -2.12. The SMILES string of the molecule is COC(=O)c1cc(N=C(NC#N)SC)ccc1Br. The molecule has 0 aliphatic rings. The van der Waals surface area contributed by atoms with Gasteiger partial charge in [-0.15, -0.1) is 0 Å². The molecule has 7 heteroatoms. The van der Waals surface area contributed by atoms with Gasteiger partial charge in [0.1, 0.15) is 0 Å². The summed E-state index contributed by atoms with van der Waals surface area (Å²) >= 11 is 4.57. The van der Waals surface area contributed by atoms with Gasteiger partial charge in [0.2, 0.25) is 0 Å². The fourth-order valence-electron chi connectivity index (χ4n) is 1.14. The molecule has 18 heavy (non-hydrogen) atoms. The summed E-state index contributed by atoms with van der Waals surface area (Å²) in [5.74, 6) is -0.446. The summed E-state index contributed by atoms with van der Waals surface area (Å²) in [6.45, 7) is 0. The van der Waals surface area contributed by atoms with Gasteiger partial charge < -0.3 is 4.74 Å². The van der Waals surface area contributed by atoms with E-state index >= 15 is 0 Å². The highest BCUT2D eigenvalue weighted by molar-refractivity contribution is 9.10. The van der Waals surface area contributed by atoms with Crippen LogP contribution in [0.1, 0.15) is 10.4 Å². The molecule has 5 nitrogen and oxygen atoms in total. The Balaban J connectivity index is 3.12. The molecule has 0 aliphatic carbocycles. The van der Waals surface area contributed by atoms with E-state index in [0.29, 0.717) is 20.9 Å². The van der Waals surface area contributed by atoms with Crippen molar-refractivity contribution in [1.82, 2.24) is 5.32 Å². The average Bonchev–Trinajstić information content (AvgIpc) is 2.39. The quantitative estimate of drug-likeness (QED) is 0.297. The van der Waals surface area contributed by atoms with Crippen molar-refractivity contribution >= 4 is 44.5 Å². The van der Waals surface area contributed by atoms with Gasteiger partial charge in [-0.1, -0.05) is 11.8 Å². The van der Waals surface area contributed by atoms with Crippen molar-refractivity contribution in [2.24, 2.45) is 4.99 Å². The number of aliphatic imine (C=N–C) groups is 1. The molecule has 1 N–H and O–H groups in total. The molecule has 0 saturated heterocycles. The molecule has 0 aliphatic heterocycles. The van der Waals surface area contributed by atoms with Crippen LogP contribution in [0.2, 0.25) is 0 Å². The van der Waals surface area contributed by atoms with Crippen molar-refractivity contribution in [1.29, 1.82) is 5.26 Å². The summed E-state index contributed by atoms with van der Waals surface area (Å²) < 4.78 is 5.29. The molecule has 0 amide bonds. The van der Waals surface area contributed by atoms with Crippen LogP contribution < -0.4 is 5.32 Å². The van der Waals surface area contributed by atoms with Crippen LogP contribution >= 0.6 is 27.7 Å². The van der Waals surface area contributed by atoms with Crippen LogP contribution in [0.15, 0.2) is 27.7 Å². The van der Waals surface area contributed by atoms with Crippen molar-refractivity contribution in [3.8, 4) is 6.19 Å². The molecule has 0 bridgehead atoms. The van der Waals surface area contributed by atoms with Crippen LogP contribution in [0, 0.1) is 11.5 Å². The van der Waals surface area contributed by atoms with Crippen molar-refractivity contribution in [3.05, 3.63) is 28.2 Å². The minimum absolute atomic E-state index is 0.385. The van der Waals surface area contributed by atoms with Gasteiger partial charge in [0, 0.05) is 4.47 Å². The lowest BCUT2D eigenvalue weighted by molar-refractivity contribution is 0.0599. The molecule has 94 valence electrons. The number of nitrogens with one attached hydrogen (secondary N) is 1. The number of methoxy groups -OCH3 is 1. The Labute approximate surface area is 117 Å². The van der Waals surface area contributed by atoms with E-state index in [1.807, 2.05) is 0 Å². The molecular weight excluding hydrogens is 318 g/mol. The fraction of sp³-hybridized carbons (Fsp3) is 0.182. The van der Waals surface area contributed by atoms with E-state index in [2.05, 4.69) is 31.0 Å². The monoisotopic (exact) mass is 327 g/mol. The lowest BCUT2D eigenvalue weighted by Gasteiger charge is -2.04. The highest BCUT2D eigenvalue weighted by Crippen LogP contribution is 2.24. The summed E-state index contributed by atoms with van der Waals surface area (Å²) in [5.41, 5.74) is 0.946. The second-order valence-electron chi connectivity index (χ2n) is 3.01. The Kier molecular flexibility index (Phi) is 5.68. The molecule has 0 aromatic heterocycles. The van der Waals surface area contributed by atoms with Crippen molar-refractivity contribution in [2.75, 3.05) is 13.4 Å². The number of halogens is 1. The van der Waals surface area contributed by atoms with Gasteiger partial charge in [-0.3, -0.25) is 5.32 Å². The highest BCUT2D eigenvalue weighted by atomic mass is 79.9. The maximum atomic E-state index is 11.5. The molecular formula is C11H10BrN3O2S. The zero-order valence-electron chi connectivity index (χ0n) is 9.73. The molecule has 0 heterocycles. The Bertz CT molecular complexity index is 526. The summed E-state index contributed by atoms with van der Waals surface area (Å²) in [7, 11) is 1.31. The standard InChI is InChI=1S/C11H10BrN3O2S/c1-17-10(16)8-5-7(3-4-9(8)12)15-11(18-2)14-6-13/h3-5H,1-2H3,(H,14,15). The van der Waals surface area contributed by atoms with Crippen LogP contribution in [0.3, 0.4) is 0 Å². The summed E-state index contributed by atoms with van der Waals surface area (Å²) in [4.78, 5) is 15.7. The smallest absolute Gasteiger partial charge is 0.339 e. The molecule has 1 rings (SSSR count). The molecule has 1 aromatic carbocycles. The van der Waals surface area contributed by atoms with E-state index < -0.39 is 5.97 Å². The molecule has 0 atom stereocenters. The number of nitrogens with zero attached hydrogens (tertiary/aromatic N) is 2. The molecule has 0 unspecified atom stereocenters. The van der Waals surface area contributed by atoms with E-state index in [9.17, 15) is 4.79 Å². The first kappa shape index (κ1) is 14.5. The van der Waals surface area contributed by atoms with Gasteiger partial charge in [-0.05, 0) is 40.4 Å². The second-order valence-corrected chi connectivity index (χ2v) is 4.66. The molecule has 0 saturated carbocycles. The van der Waals surface area contributed by atoms with E-state index in [1.54, 1.807) is 30.6 Å². The predicted octanol–water partition coefficient (Wildman–Crippen LogP) is 2.66. The number of carbonyl (C=O) groups is 1. The number of esters is 1. The summed E-state index contributed by atoms with van der Waals surface area (Å²) in [6.07, 6.45) is 3.59. The van der Waals surface area contributed by atoms with E-state index in [4.69, 9.17) is 5.26 Å². The van der Waals surface area contributed by atoms with Crippen LogP contribution in [0.5, 0.6) is 0 Å². The third-order valence-electron chi connectivity index (χ3n) is 1.94.